The first-order chi connectivity index (χ1) is 9.99. The van der Waals surface area contributed by atoms with Gasteiger partial charge in [0.1, 0.15) is 12.4 Å². The van der Waals surface area contributed by atoms with Crippen molar-refractivity contribution in [3.8, 4) is 5.75 Å². The summed E-state index contributed by atoms with van der Waals surface area (Å²) in [4.78, 5) is 4.79. The predicted molar refractivity (Wildman–Crippen MR) is 86.2 cm³/mol. The molecule has 1 unspecified atom stereocenters. The number of hydrogen-bond acceptors (Lipinski definition) is 3. The normalized spacial score (nSPS) is 18.5. The summed E-state index contributed by atoms with van der Waals surface area (Å²) in [5.74, 6) is 1.62. The Bertz CT molecular complexity index is 698. The van der Waals surface area contributed by atoms with E-state index in [0.29, 0.717) is 6.61 Å². The van der Waals surface area contributed by atoms with Gasteiger partial charge in [-0.2, -0.15) is 0 Å². The molecular weight excluding hydrogens is 262 g/mol. The molecule has 1 aliphatic rings. The van der Waals surface area contributed by atoms with Gasteiger partial charge < -0.3 is 9.47 Å². The van der Waals surface area contributed by atoms with Crippen LogP contribution in [-0.2, 0) is 4.74 Å². The van der Waals surface area contributed by atoms with Crippen LogP contribution in [0.15, 0.2) is 41.4 Å². The third-order valence-electron chi connectivity index (χ3n) is 3.97. The second-order valence-corrected chi connectivity index (χ2v) is 6.52. The number of benzene rings is 2. The maximum atomic E-state index is 5.86. The molecule has 21 heavy (non-hydrogen) atoms. The molecule has 0 amide bonds. The highest BCUT2D eigenvalue weighted by molar-refractivity contribution is 6.07. The number of aliphatic imine (C=N–C) groups is 1. The van der Waals surface area contributed by atoms with Crippen LogP contribution in [0.3, 0.4) is 0 Å². The van der Waals surface area contributed by atoms with Crippen molar-refractivity contribution in [1.82, 2.24) is 0 Å². The number of nitrogens with zero attached hydrogens (tertiary/aromatic N) is 1. The first kappa shape index (κ1) is 13.9. The molecule has 0 N–H and O–H groups in total. The van der Waals surface area contributed by atoms with Gasteiger partial charge in [-0.05, 0) is 40.5 Å². The Kier molecular flexibility index (Phi) is 3.36. The van der Waals surface area contributed by atoms with Crippen LogP contribution in [-0.4, -0.2) is 25.7 Å². The molecule has 0 aliphatic carbocycles. The number of rotatable bonds is 2. The van der Waals surface area contributed by atoms with E-state index in [1.54, 1.807) is 7.11 Å². The van der Waals surface area contributed by atoms with Gasteiger partial charge in [0.25, 0.3) is 0 Å². The molecule has 2 aromatic rings. The largest absolute Gasteiger partial charge is 0.497 e. The lowest BCUT2D eigenvalue weighted by Gasteiger charge is -2.21. The Labute approximate surface area is 125 Å². The lowest BCUT2D eigenvalue weighted by atomic mass is 9.88. The minimum Gasteiger partial charge on any atom is -0.497 e. The summed E-state index contributed by atoms with van der Waals surface area (Å²) in [5, 5.41) is 2.28. The molecule has 0 saturated heterocycles. The Balaban J connectivity index is 2.05. The van der Waals surface area contributed by atoms with Gasteiger partial charge in [0.05, 0.1) is 13.2 Å². The zero-order valence-corrected chi connectivity index (χ0v) is 13.0. The highest BCUT2D eigenvalue weighted by Crippen LogP contribution is 2.30. The Morgan fingerprint density at radius 1 is 1.19 bits per heavy atom. The second kappa shape index (κ2) is 5.06. The first-order valence-corrected chi connectivity index (χ1v) is 7.27. The zero-order valence-electron chi connectivity index (χ0n) is 13.0. The van der Waals surface area contributed by atoms with Crippen molar-refractivity contribution in [2.75, 3.05) is 13.7 Å². The number of ether oxygens (including phenoxy) is 2. The van der Waals surface area contributed by atoms with Crippen LogP contribution in [0.1, 0.15) is 26.3 Å². The summed E-state index contributed by atoms with van der Waals surface area (Å²) in [6.07, 6.45) is 0. The van der Waals surface area contributed by atoms with Crippen LogP contribution in [0.4, 0.5) is 0 Å². The Morgan fingerprint density at radius 2 is 2.00 bits per heavy atom. The van der Waals surface area contributed by atoms with Crippen molar-refractivity contribution in [1.29, 1.82) is 0 Å². The molecule has 1 aliphatic heterocycles. The molecule has 2 aromatic carbocycles. The smallest absolute Gasteiger partial charge is 0.217 e. The van der Waals surface area contributed by atoms with Gasteiger partial charge in [0.2, 0.25) is 5.90 Å². The molecule has 0 saturated carbocycles. The predicted octanol–water partition coefficient (Wildman–Crippen LogP) is 4.04. The van der Waals surface area contributed by atoms with Crippen LogP contribution in [0.2, 0.25) is 0 Å². The van der Waals surface area contributed by atoms with Crippen LogP contribution in [0.25, 0.3) is 10.8 Å². The van der Waals surface area contributed by atoms with Crippen LogP contribution >= 0.6 is 0 Å². The summed E-state index contributed by atoms with van der Waals surface area (Å²) in [6, 6.07) is 12.5. The maximum Gasteiger partial charge on any atom is 0.217 e. The van der Waals surface area contributed by atoms with Gasteiger partial charge in [-0.3, -0.25) is 0 Å². The average molecular weight is 283 g/mol. The fourth-order valence-electron chi connectivity index (χ4n) is 2.54. The molecule has 0 bridgehead atoms. The van der Waals surface area contributed by atoms with Crippen molar-refractivity contribution in [3.63, 3.8) is 0 Å². The van der Waals surface area contributed by atoms with E-state index in [9.17, 15) is 0 Å². The number of hydrogen-bond donors (Lipinski definition) is 0. The molecule has 0 fully saturated rings. The molecule has 3 heteroatoms. The van der Waals surface area contributed by atoms with Gasteiger partial charge in [-0.15, -0.1) is 0 Å². The molecule has 1 heterocycles. The summed E-state index contributed by atoms with van der Waals surface area (Å²) in [7, 11) is 1.68. The highest BCUT2D eigenvalue weighted by Gasteiger charge is 2.31. The Morgan fingerprint density at radius 3 is 2.67 bits per heavy atom. The minimum atomic E-state index is 0.121. The van der Waals surface area contributed by atoms with Crippen molar-refractivity contribution in [2.24, 2.45) is 10.4 Å². The van der Waals surface area contributed by atoms with E-state index in [4.69, 9.17) is 14.5 Å². The van der Waals surface area contributed by atoms with Crippen molar-refractivity contribution in [3.05, 3.63) is 42.0 Å². The van der Waals surface area contributed by atoms with Gasteiger partial charge in [-0.25, -0.2) is 4.99 Å². The minimum absolute atomic E-state index is 0.121. The topological polar surface area (TPSA) is 30.8 Å². The van der Waals surface area contributed by atoms with E-state index in [-0.39, 0.29) is 11.5 Å². The quantitative estimate of drug-likeness (QED) is 0.832. The molecule has 3 nitrogen and oxygen atoms in total. The second-order valence-electron chi connectivity index (χ2n) is 6.52. The highest BCUT2D eigenvalue weighted by atomic mass is 16.5. The molecule has 0 radical (unpaired) electrons. The standard InChI is InChI=1S/C18H21NO2/c1-18(2,3)16-11-21-17(19-16)15-7-5-6-12-10-13(20-4)8-9-14(12)15/h5-10,16H,11H2,1-4H3. The summed E-state index contributed by atoms with van der Waals surface area (Å²) < 4.78 is 11.1. The van der Waals surface area contributed by atoms with Crippen LogP contribution in [0.5, 0.6) is 5.75 Å². The van der Waals surface area contributed by atoms with Gasteiger partial charge in [0, 0.05) is 5.56 Å². The summed E-state index contributed by atoms with van der Waals surface area (Å²) >= 11 is 0. The lowest BCUT2D eigenvalue weighted by Crippen LogP contribution is -2.25. The van der Waals surface area contributed by atoms with Crippen molar-refractivity contribution < 1.29 is 9.47 Å². The monoisotopic (exact) mass is 283 g/mol. The number of fused-ring (bicyclic) bond motifs is 1. The fraction of sp³-hybridized carbons (Fsp3) is 0.389. The van der Waals surface area contributed by atoms with E-state index in [1.807, 2.05) is 18.2 Å². The molecule has 110 valence electrons. The van der Waals surface area contributed by atoms with Crippen LogP contribution < -0.4 is 4.74 Å². The van der Waals surface area contributed by atoms with E-state index in [1.165, 1.54) is 0 Å². The SMILES string of the molecule is COc1ccc2c(C3=NC(C(C)(C)C)CO3)cccc2c1. The zero-order chi connectivity index (χ0) is 15.0. The Hall–Kier alpha value is -2.03. The summed E-state index contributed by atoms with van der Waals surface area (Å²) in [6.45, 7) is 7.25. The molecule has 3 rings (SSSR count). The molecular formula is C18H21NO2. The van der Waals surface area contributed by atoms with E-state index in [0.717, 1.165) is 28.0 Å². The number of methoxy groups -OCH3 is 1. The van der Waals surface area contributed by atoms with Crippen molar-refractivity contribution in [2.45, 2.75) is 26.8 Å². The summed E-state index contributed by atoms with van der Waals surface area (Å²) in [5.41, 5.74) is 1.18. The third kappa shape index (κ3) is 2.60. The molecule has 0 aromatic heterocycles. The van der Waals surface area contributed by atoms with Crippen molar-refractivity contribution >= 4 is 16.7 Å². The molecule has 1 atom stereocenters. The maximum absolute atomic E-state index is 5.86. The van der Waals surface area contributed by atoms with E-state index >= 15 is 0 Å². The van der Waals surface area contributed by atoms with E-state index in [2.05, 4.69) is 39.0 Å². The average Bonchev–Trinajstić information content (AvgIpc) is 2.95. The van der Waals surface area contributed by atoms with Crippen LogP contribution in [0, 0.1) is 5.41 Å². The van der Waals surface area contributed by atoms with Gasteiger partial charge in [-0.1, -0.05) is 32.9 Å². The lowest BCUT2D eigenvalue weighted by molar-refractivity contribution is 0.236. The van der Waals surface area contributed by atoms with Gasteiger partial charge >= 0.3 is 0 Å². The first-order valence-electron chi connectivity index (χ1n) is 7.27. The van der Waals surface area contributed by atoms with E-state index < -0.39 is 0 Å². The van der Waals surface area contributed by atoms with Gasteiger partial charge in [0.15, 0.2) is 0 Å². The third-order valence-corrected chi connectivity index (χ3v) is 3.97. The molecule has 0 spiro atoms. The fourth-order valence-corrected chi connectivity index (χ4v) is 2.54.